The number of likely N-dealkylation sites (tertiary alicyclic amines) is 1. The molecule has 3 rings (SSSR count). The van der Waals surface area contributed by atoms with Gasteiger partial charge in [0, 0.05) is 5.69 Å². The summed E-state index contributed by atoms with van der Waals surface area (Å²) in [7, 11) is 0. The Labute approximate surface area is 151 Å². The summed E-state index contributed by atoms with van der Waals surface area (Å²) in [5.41, 5.74) is 3.52. The van der Waals surface area contributed by atoms with Crippen LogP contribution in [0.4, 0.5) is 5.69 Å². The number of carbonyl (C=O) groups is 1. The van der Waals surface area contributed by atoms with Gasteiger partial charge in [-0.1, -0.05) is 48.0 Å². The number of benzene rings is 2. The van der Waals surface area contributed by atoms with Crippen LogP contribution in [0.15, 0.2) is 54.6 Å². The number of rotatable bonds is 6. The van der Waals surface area contributed by atoms with E-state index in [1.807, 2.05) is 31.2 Å². The van der Waals surface area contributed by atoms with Crippen molar-refractivity contribution in [2.45, 2.75) is 32.6 Å². The van der Waals surface area contributed by atoms with E-state index in [1.54, 1.807) is 0 Å². The third kappa shape index (κ3) is 5.71. The number of aryl methyl sites for hydroxylation is 2. The summed E-state index contributed by atoms with van der Waals surface area (Å²) in [4.78, 5) is 14.5. The molecule has 0 spiro atoms. The van der Waals surface area contributed by atoms with Crippen molar-refractivity contribution in [1.82, 2.24) is 4.90 Å². The number of carbonyl (C=O) groups excluding carboxylic acids is 1. The maximum atomic E-state index is 12.2. The van der Waals surface area contributed by atoms with E-state index in [4.69, 9.17) is 0 Å². The molecule has 0 aliphatic carbocycles. The van der Waals surface area contributed by atoms with Crippen LogP contribution in [-0.2, 0) is 11.2 Å². The number of piperidine rings is 1. The first-order valence-corrected chi connectivity index (χ1v) is 9.32. The van der Waals surface area contributed by atoms with Gasteiger partial charge in [-0.15, -0.1) is 0 Å². The lowest BCUT2D eigenvalue weighted by atomic mass is 9.90. The average Bonchev–Trinajstić information content (AvgIpc) is 2.64. The maximum Gasteiger partial charge on any atom is 0.238 e. The van der Waals surface area contributed by atoms with Gasteiger partial charge in [0.25, 0.3) is 0 Å². The van der Waals surface area contributed by atoms with E-state index >= 15 is 0 Å². The van der Waals surface area contributed by atoms with Crippen LogP contribution in [-0.4, -0.2) is 30.4 Å². The number of nitrogens with zero attached hydrogens (tertiary/aromatic N) is 1. The van der Waals surface area contributed by atoms with Crippen molar-refractivity contribution in [3.63, 3.8) is 0 Å². The first-order valence-electron chi connectivity index (χ1n) is 9.32. The van der Waals surface area contributed by atoms with E-state index < -0.39 is 0 Å². The Kier molecular flexibility index (Phi) is 6.24. The predicted molar refractivity (Wildman–Crippen MR) is 104 cm³/mol. The predicted octanol–water partition coefficient (Wildman–Crippen LogP) is 4.28. The van der Waals surface area contributed by atoms with Gasteiger partial charge in [-0.2, -0.15) is 0 Å². The molecule has 1 aliphatic heterocycles. The average molecular weight is 336 g/mol. The van der Waals surface area contributed by atoms with Crippen LogP contribution in [0.3, 0.4) is 0 Å². The van der Waals surface area contributed by atoms with E-state index in [0.717, 1.165) is 24.7 Å². The van der Waals surface area contributed by atoms with Crippen LogP contribution < -0.4 is 5.32 Å². The largest absolute Gasteiger partial charge is 0.325 e. The quantitative estimate of drug-likeness (QED) is 0.854. The van der Waals surface area contributed by atoms with Crippen molar-refractivity contribution in [2.75, 3.05) is 25.0 Å². The summed E-state index contributed by atoms with van der Waals surface area (Å²) in [6.07, 6.45) is 4.82. The molecule has 1 N–H and O–H groups in total. The van der Waals surface area contributed by atoms with Crippen molar-refractivity contribution in [3.8, 4) is 0 Å². The smallest absolute Gasteiger partial charge is 0.238 e. The molecule has 0 radical (unpaired) electrons. The van der Waals surface area contributed by atoms with E-state index in [-0.39, 0.29) is 5.91 Å². The summed E-state index contributed by atoms with van der Waals surface area (Å²) in [6, 6.07) is 18.7. The Bertz CT molecular complexity index is 658. The lowest BCUT2D eigenvalue weighted by Crippen LogP contribution is -2.39. The zero-order valence-corrected chi connectivity index (χ0v) is 15.1. The molecule has 3 nitrogen and oxygen atoms in total. The molecule has 2 aromatic carbocycles. The molecule has 1 aliphatic rings. The van der Waals surface area contributed by atoms with Crippen LogP contribution in [0.1, 0.15) is 30.4 Å². The number of hydrogen-bond acceptors (Lipinski definition) is 2. The highest BCUT2D eigenvalue weighted by molar-refractivity contribution is 5.92. The summed E-state index contributed by atoms with van der Waals surface area (Å²) in [6.45, 7) is 4.61. The first-order chi connectivity index (χ1) is 12.2. The van der Waals surface area contributed by atoms with E-state index in [9.17, 15) is 4.79 Å². The molecule has 2 aromatic rings. The minimum atomic E-state index is 0.0894. The monoisotopic (exact) mass is 336 g/mol. The minimum Gasteiger partial charge on any atom is -0.325 e. The molecule has 132 valence electrons. The van der Waals surface area contributed by atoms with Crippen molar-refractivity contribution in [3.05, 3.63) is 65.7 Å². The number of hydrogen-bond donors (Lipinski definition) is 1. The summed E-state index contributed by atoms with van der Waals surface area (Å²) >= 11 is 0. The first kappa shape index (κ1) is 17.7. The van der Waals surface area contributed by atoms with Crippen molar-refractivity contribution in [2.24, 2.45) is 5.92 Å². The highest BCUT2D eigenvalue weighted by Crippen LogP contribution is 2.22. The molecule has 25 heavy (non-hydrogen) atoms. The van der Waals surface area contributed by atoms with Gasteiger partial charge in [-0.3, -0.25) is 9.69 Å². The molecule has 1 heterocycles. The molecule has 0 aromatic heterocycles. The molecule has 0 saturated carbocycles. The molecule has 1 saturated heterocycles. The number of anilines is 1. The van der Waals surface area contributed by atoms with Gasteiger partial charge in [-0.25, -0.2) is 0 Å². The van der Waals surface area contributed by atoms with Crippen LogP contribution in [0, 0.1) is 12.8 Å². The van der Waals surface area contributed by atoms with Crippen LogP contribution in [0.25, 0.3) is 0 Å². The third-order valence-corrected chi connectivity index (χ3v) is 5.09. The van der Waals surface area contributed by atoms with Crippen molar-refractivity contribution in [1.29, 1.82) is 0 Å². The van der Waals surface area contributed by atoms with Gasteiger partial charge < -0.3 is 5.32 Å². The van der Waals surface area contributed by atoms with E-state index in [1.165, 1.54) is 36.8 Å². The Hall–Kier alpha value is -2.13. The molecule has 1 amide bonds. The van der Waals surface area contributed by atoms with Crippen LogP contribution >= 0.6 is 0 Å². The summed E-state index contributed by atoms with van der Waals surface area (Å²) in [5, 5.41) is 2.99. The molecule has 0 atom stereocenters. The Morgan fingerprint density at radius 1 is 1.04 bits per heavy atom. The summed E-state index contributed by atoms with van der Waals surface area (Å²) in [5.74, 6) is 0.878. The van der Waals surface area contributed by atoms with Gasteiger partial charge in [0.15, 0.2) is 0 Å². The second-order valence-electron chi connectivity index (χ2n) is 7.16. The topological polar surface area (TPSA) is 32.3 Å². The standard InChI is InChI=1S/C22H28N2O/c1-18-7-11-21(12-8-18)23-22(25)17-24-15-13-20(14-16-24)10-9-19-5-3-2-4-6-19/h2-8,11-12,20H,9-10,13-17H2,1H3,(H,23,25). The highest BCUT2D eigenvalue weighted by Gasteiger charge is 2.20. The second kappa shape index (κ2) is 8.82. The molecule has 1 fully saturated rings. The van der Waals surface area contributed by atoms with E-state index in [2.05, 4.69) is 40.5 Å². The molecule has 0 unspecified atom stereocenters. The number of nitrogens with one attached hydrogen (secondary N) is 1. The zero-order valence-electron chi connectivity index (χ0n) is 15.1. The Morgan fingerprint density at radius 2 is 1.72 bits per heavy atom. The molecular formula is C22H28N2O. The Morgan fingerprint density at radius 3 is 2.40 bits per heavy atom. The van der Waals surface area contributed by atoms with Gasteiger partial charge in [0.05, 0.1) is 6.54 Å². The lowest BCUT2D eigenvalue weighted by molar-refractivity contribution is -0.117. The number of amides is 1. The normalized spacial score (nSPS) is 15.9. The molecule has 3 heteroatoms. The zero-order chi connectivity index (χ0) is 17.5. The van der Waals surface area contributed by atoms with Crippen LogP contribution in [0.2, 0.25) is 0 Å². The van der Waals surface area contributed by atoms with Crippen molar-refractivity contribution < 1.29 is 4.79 Å². The fourth-order valence-electron chi connectivity index (χ4n) is 3.49. The van der Waals surface area contributed by atoms with Crippen LogP contribution in [0.5, 0.6) is 0 Å². The van der Waals surface area contributed by atoms with Crippen molar-refractivity contribution >= 4 is 11.6 Å². The Balaban J connectivity index is 1.37. The minimum absolute atomic E-state index is 0.0894. The van der Waals surface area contributed by atoms with Gasteiger partial charge in [0.1, 0.15) is 0 Å². The van der Waals surface area contributed by atoms with Gasteiger partial charge in [0.2, 0.25) is 5.91 Å². The van der Waals surface area contributed by atoms with E-state index in [0.29, 0.717) is 6.54 Å². The third-order valence-electron chi connectivity index (χ3n) is 5.09. The molecule has 0 bridgehead atoms. The molecular weight excluding hydrogens is 308 g/mol. The lowest BCUT2D eigenvalue weighted by Gasteiger charge is -2.31. The van der Waals surface area contributed by atoms with Gasteiger partial charge in [-0.05, 0) is 69.3 Å². The summed E-state index contributed by atoms with van der Waals surface area (Å²) < 4.78 is 0. The van der Waals surface area contributed by atoms with Gasteiger partial charge >= 0.3 is 0 Å². The maximum absolute atomic E-state index is 12.2. The fraction of sp³-hybridized carbons (Fsp3) is 0.409. The second-order valence-corrected chi connectivity index (χ2v) is 7.16. The fourth-order valence-corrected chi connectivity index (χ4v) is 3.49. The highest BCUT2D eigenvalue weighted by atomic mass is 16.2. The SMILES string of the molecule is Cc1ccc(NC(=O)CN2CCC(CCc3ccccc3)CC2)cc1.